The Labute approximate surface area is 139 Å². The number of aliphatic hydroxyl groups excluding tert-OH is 2. The number of fused-ring (bicyclic) bond motifs is 1. The summed E-state index contributed by atoms with van der Waals surface area (Å²) >= 11 is 1.70. The lowest BCUT2D eigenvalue weighted by molar-refractivity contribution is 0.150. The van der Waals surface area contributed by atoms with E-state index in [1.54, 1.807) is 11.8 Å². The van der Waals surface area contributed by atoms with Gasteiger partial charge in [-0.3, -0.25) is 0 Å². The molecule has 2 atom stereocenters. The lowest BCUT2D eigenvalue weighted by Gasteiger charge is -2.15. The first-order valence-electron chi connectivity index (χ1n) is 7.84. The molecule has 1 aliphatic heterocycles. The number of H-pyrrole nitrogens is 1. The zero-order valence-electron chi connectivity index (χ0n) is 13.0. The molecule has 2 aromatic rings. The number of aromatic amines is 1. The number of anilines is 1. The Morgan fingerprint density at radius 1 is 1.39 bits per heavy atom. The number of nitrogens with two attached hydrogens (primary N) is 1. The van der Waals surface area contributed by atoms with E-state index in [0.717, 1.165) is 47.6 Å². The average molecular weight is 337 g/mol. The van der Waals surface area contributed by atoms with Crippen molar-refractivity contribution in [3.63, 3.8) is 0 Å². The zero-order chi connectivity index (χ0) is 16.2. The van der Waals surface area contributed by atoms with Crippen molar-refractivity contribution in [2.75, 3.05) is 43.5 Å². The topological polar surface area (TPSA) is 111 Å². The summed E-state index contributed by atoms with van der Waals surface area (Å²) in [5, 5.41) is 19.0. The van der Waals surface area contributed by atoms with Crippen LogP contribution < -0.4 is 5.73 Å². The van der Waals surface area contributed by atoms with E-state index in [-0.39, 0.29) is 18.6 Å². The van der Waals surface area contributed by atoms with Crippen LogP contribution in [-0.4, -0.2) is 73.9 Å². The summed E-state index contributed by atoms with van der Waals surface area (Å²) in [6.45, 7) is 2.70. The first kappa shape index (κ1) is 16.5. The Balaban J connectivity index is 1.55. The second-order valence-corrected chi connectivity index (χ2v) is 7.08. The number of thioether (sulfide) groups is 1. The molecule has 0 saturated carbocycles. The van der Waals surface area contributed by atoms with Gasteiger partial charge in [-0.1, -0.05) is 0 Å². The number of nitrogens with zero attached hydrogens (tertiary/aromatic N) is 3. The molecule has 3 heterocycles. The molecule has 0 aromatic carbocycles. The van der Waals surface area contributed by atoms with Crippen LogP contribution in [0.5, 0.6) is 0 Å². The van der Waals surface area contributed by atoms with Crippen molar-refractivity contribution in [3.05, 3.63) is 18.1 Å². The van der Waals surface area contributed by atoms with Crippen LogP contribution in [0.2, 0.25) is 0 Å². The maximum atomic E-state index is 10.2. The van der Waals surface area contributed by atoms with Crippen molar-refractivity contribution >= 4 is 28.6 Å². The van der Waals surface area contributed by atoms with Gasteiger partial charge in [-0.05, 0) is 17.7 Å². The minimum atomic E-state index is -0.276. The Morgan fingerprint density at radius 2 is 2.26 bits per heavy atom. The number of hydrogen-bond acceptors (Lipinski definition) is 7. The van der Waals surface area contributed by atoms with Gasteiger partial charge in [0.05, 0.1) is 18.2 Å². The number of aliphatic hydroxyl groups is 2. The predicted octanol–water partition coefficient (Wildman–Crippen LogP) is 0.101. The SMILES string of the molecule is Nc1ncnc2c(CCN3C[C@H](CSCCO)[C@@H](O)C3)c[nH]c12. The highest BCUT2D eigenvalue weighted by atomic mass is 32.2. The van der Waals surface area contributed by atoms with E-state index in [4.69, 9.17) is 10.8 Å². The number of β-amino-alcohol motifs (C(OH)–C–C–N with tert-alkyl or cyclic N) is 1. The fraction of sp³-hybridized carbons (Fsp3) is 0.600. The molecule has 0 radical (unpaired) electrons. The van der Waals surface area contributed by atoms with E-state index in [0.29, 0.717) is 12.4 Å². The van der Waals surface area contributed by atoms with Crippen molar-refractivity contribution in [1.29, 1.82) is 0 Å². The standard InChI is InChI=1S/C15H23N5O2S/c16-15-14-13(18-9-19-15)10(5-17-14)1-2-20-6-11(12(22)7-20)8-23-4-3-21/h5,9,11-12,17,21-22H,1-4,6-8H2,(H2,16,18,19)/t11-,12+/m1/s1. The molecule has 5 N–H and O–H groups in total. The number of likely N-dealkylation sites (tertiary alicyclic amines) is 1. The second-order valence-electron chi connectivity index (χ2n) is 5.93. The van der Waals surface area contributed by atoms with Gasteiger partial charge < -0.3 is 25.8 Å². The van der Waals surface area contributed by atoms with Crippen molar-refractivity contribution < 1.29 is 10.2 Å². The molecule has 1 aliphatic rings. The van der Waals surface area contributed by atoms with Crippen LogP contribution in [-0.2, 0) is 6.42 Å². The first-order chi connectivity index (χ1) is 11.2. The second kappa shape index (κ2) is 7.48. The van der Waals surface area contributed by atoms with E-state index in [9.17, 15) is 5.11 Å². The summed E-state index contributed by atoms with van der Waals surface area (Å²) in [7, 11) is 0. The van der Waals surface area contributed by atoms with Crippen molar-refractivity contribution in [2.45, 2.75) is 12.5 Å². The molecule has 8 heteroatoms. The molecular weight excluding hydrogens is 314 g/mol. The third-order valence-electron chi connectivity index (χ3n) is 4.32. The number of nitrogens with one attached hydrogen (secondary N) is 1. The third-order valence-corrected chi connectivity index (χ3v) is 5.45. The van der Waals surface area contributed by atoms with Gasteiger partial charge in [0.2, 0.25) is 0 Å². The fourth-order valence-electron chi connectivity index (χ4n) is 3.07. The van der Waals surface area contributed by atoms with Crippen LogP contribution in [0.1, 0.15) is 5.56 Å². The highest BCUT2D eigenvalue weighted by Crippen LogP contribution is 2.23. The molecule has 23 heavy (non-hydrogen) atoms. The van der Waals surface area contributed by atoms with Gasteiger partial charge in [0, 0.05) is 37.5 Å². The number of rotatable bonds is 7. The van der Waals surface area contributed by atoms with Crippen LogP contribution in [0.3, 0.4) is 0 Å². The number of aromatic nitrogens is 3. The molecule has 3 rings (SSSR count). The zero-order valence-corrected chi connectivity index (χ0v) is 13.8. The summed E-state index contributed by atoms with van der Waals surface area (Å²) < 4.78 is 0. The van der Waals surface area contributed by atoms with Gasteiger partial charge in [0.15, 0.2) is 5.82 Å². The molecule has 0 bridgehead atoms. The van der Waals surface area contributed by atoms with E-state index < -0.39 is 0 Å². The highest BCUT2D eigenvalue weighted by molar-refractivity contribution is 7.99. The summed E-state index contributed by atoms with van der Waals surface area (Å²) in [5.74, 6) is 2.39. The third kappa shape index (κ3) is 3.77. The monoisotopic (exact) mass is 337 g/mol. The smallest absolute Gasteiger partial charge is 0.151 e. The molecule has 2 aromatic heterocycles. The Hall–Kier alpha value is -1.35. The van der Waals surface area contributed by atoms with Crippen molar-refractivity contribution in [2.24, 2.45) is 5.92 Å². The van der Waals surface area contributed by atoms with Crippen molar-refractivity contribution in [3.8, 4) is 0 Å². The van der Waals surface area contributed by atoms with Crippen molar-refractivity contribution in [1.82, 2.24) is 19.9 Å². The Morgan fingerprint density at radius 3 is 3.09 bits per heavy atom. The van der Waals surface area contributed by atoms with Crippen LogP contribution in [0.4, 0.5) is 5.82 Å². The lowest BCUT2D eigenvalue weighted by Crippen LogP contribution is -2.24. The summed E-state index contributed by atoms with van der Waals surface area (Å²) in [4.78, 5) is 13.7. The summed E-state index contributed by atoms with van der Waals surface area (Å²) in [6.07, 6.45) is 4.02. The van der Waals surface area contributed by atoms with Gasteiger partial charge >= 0.3 is 0 Å². The number of nitrogen functional groups attached to an aromatic ring is 1. The van der Waals surface area contributed by atoms with Gasteiger partial charge in [0.1, 0.15) is 11.8 Å². The van der Waals surface area contributed by atoms with E-state index in [1.807, 2.05) is 6.20 Å². The van der Waals surface area contributed by atoms with Crippen LogP contribution in [0.15, 0.2) is 12.5 Å². The average Bonchev–Trinajstić information content (AvgIpc) is 3.10. The molecule has 0 unspecified atom stereocenters. The Bertz CT molecular complexity index is 650. The molecule has 1 saturated heterocycles. The maximum Gasteiger partial charge on any atom is 0.151 e. The van der Waals surface area contributed by atoms with E-state index in [1.165, 1.54) is 6.33 Å². The fourth-order valence-corrected chi connectivity index (χ4v) is 3.99. The molecule has 0 amide bonds. The minimum absolute atomic E-state index is 0.197. The van der Waals surface area contributed by atoms with Crippen LogP contribution in [0.25, 0.3) is 11.0 Å². The highest BCUT2D eigenvalue weighted by Gasteiger charge is 2.30. The minimum Gasteiger partial charge on any atom is -0.396 e. The van der Waals surface area contributed by atoms with Crippen LogP contribution >= 0.6 is 11.8 Å². The summed E-state index contributed by atoms with van der Waals surface area (Å²) in [6, 6.07) is 0. The largest absolute Gasteiger partial charge is 0.396 e. The molecule has 0 aliphatic carbocycles. The molecule has 0 spiro atoms. The van der Waals surface area contributed by atoms with Crippen LogP contribution in [0, 0.1) is 5.92 Å². The van der Waals surface area contributed by atoms with E-state index >= 15 is 0 Å². The molecule has 1 fully saturated rings. The Kier molecular flexibility index (Phi) is 5.37. The summed E-state index contributed by atoms with van der Waals surface area (Å²) in [5.41, 5.74) is 8.64. The van der Waals surface area contributed by atoms with Gasteiger partial charge in [-0.2, -0.15) is 11.8 Å². The molecule has 126 valence electrons. The maximum absolute atomic E-state index is 10.2. The molecule has 7 nitrogen and oxygen atoms in total. The lowest BCUT2D eigenvalue weighted by atomic mass is 10.1. The first-order valence-corrected chi connectivity index (χ1v) is 9.00. The van der Waals surface area contributed by atoms with Gasteiger partial charge in [-0.25, -0.2) is 9.97 Å². The van der Waals surface area contributed by atoms with Gasteiger partial charge in [-0.15, -0.1) is 0 Å². The van der Waals surface area contributed by atoms with Gasteiger partial charge in [0.25, 0.3) is 0 Å². The quantitative estimate of drug-likeness (QED) is 0.530. The number of hydrogen-bond donors (Lipinski definition) is 4. The normalized spacial score (nSPS) is 22.2. The van der Waals surface area contributed by atoms with E-state index in [2.05, 4.69) is 19.9 Å². The molecular formula is C15H23N5O2S. The predicted molar refractivity (Wildman–Crippen MR) is 92.4 cm³/mol.